The van der Waals surface area contributed by atoms with Gasteiger partial charge in [0.1, 0.15) is 12.6 Å². The Kier molecular flexibility index (Phi) is 30.0. The maximum absolute atomic E-state index is 13.2. The summed E-state index contributed by atoms with van der Waals surface area (Å²) in [6.45, 7) is 13.0. The van der Waals surface area contributed by atoms with Gasteiger partial charge in [0, 0.05) is 30.9 Å². The van der Waals surface area contributed by atoms with Gasteiger partial charge in [0.15, 0.2) is 0 Å². The Morgan fingerprint density at radius 3 is 1.45 bits per heavy atom. The molecule has 2 heterocycles. The lowest BCUT2D eigenvalue weighted by molar-refractivity contribution is -0.136. The number of fused-ring (bicyclic) bond motifs is 1. The fourth-order valence-corrected chi connectivity index (χ4v) is 6.63. The summed E-state index contributed by atoms with van der Waals surface area (Å²) in [6.07, 6.45) is 2.38. The van der Waals surface area contributed by atoms with Crippen molar-refractivity contribution in [3.05, 3.63) is 59.2 Å². The number of nitrogens with zero attached hydrogens (tertiary/aromatic N) is 1. The molecule has 0 saturated carbocycles. The Balaban J connectivity index is 0.792. The molecule has 0 spiro atoms. The van der Waals surface area contributed by atoms with Crippen LogP contribution in [-0.2, 0) is 66.4 Å². The van der Waals surface area contributed by atoms with Crippen LogP contribution in [-0.4, -0.2) is 206 Å². The zero-order valence-electron chi connectivity index (χ0n) is 40.0. The topological polar surface area (TPSA) is 235 Å². The second-order valence-corrected chi connectivity index (χ2v) is 15.3. The van der Waals surface area contributed by atoms with E-state index in [0.29, 0.717) is 163 Å². The van der Waals surface area contributed by atoms with Gasteiger partial charge in [-0.2, -0.15) is 0 Å². The summed E-state index contributed by atoms with van der Waals surface area (Å²) >= 11 is 0. The van der Waals surface area contributed by atoms with Gasteiger partial charge in [-0.05, 0) is 49.2 Å². The minimum absolute atomic E-state index is 0.0607. The number of imide groups is 2. The highest BCUT2D eigenvalue weighted by Gasteiger charge is 2.45. The smallest absolute Gasteiger partial charge is 0.338 e. The van der Waals surface area contributed by atoms with Gasteiger partial charge in [-0.1, -0.05) is 19.4 Å². The second-order valence-electron chi connectivity index (χ2n) is 15.3. The number of esters is 1. The summed E-state index contributed by atoms with van der Waals surface area (Å²) in [5.74, 6) is -2.56. The lowest BCUT2D eigenvalue weighted by atomic mass is 10.0. The normalized spacial score (nSPS) is 14.6. The Bertz CT molecular complexity index is 1770. The number of carbonyl (C=O) groups is 5. The Morgan fingerprint density at radius 1 is 0.551 bits per heavy atom. The first kappa shape index (κ1) is 56.9. The van der Waals surface area contributed by atoms with Crippen LogP contribution in [0, 0.1) is 0 Å². The maximum atomic E-state index is 13.2. The van der Waals surface area contributed by atoms with Gasteiger partial charge in [0.05, 0.1) is 162 Å². The summed E-state index contributed by atoms with van der Waals surface area (Å²) in [4.78, 5) is 63.1. The predicted molar refractivity (Wildman–Crippen MR) is 251 cm³/mol. The van der Waals surface area contributed by atoms with E-state index in [2.05, 4.69) is 22.9 Å². The van der Waals surface area contributed by atoms with E-state index >= 15 is 0 Å². The molecule has 0 aromatic heterocycles. The summed E-state index contributed by atoms with van der Waals surface area (Å²) < 4.78 is 65.9. The number of benzene rings is 2. The van der Waals surface area contributed by atoms with Crippen LogP contribution < -0.4 is 16.0 Å². The van der Waals surface area contributed by atoms with Crippen molar-refractivity contribution in [1.82, 2.24) is 10.2 Å². The predicted octanol–water partition coefficient (Wildman–Crippen LogP) is 2.75. The third-order valence-electron chi connectivity index (χ3n) is 10.2. The molecule has 2 aliphatic heterocycles. The summed E-state index contributed by atoms with van der Waals surface area (Å²) in [5.41, 5.74) is 2.39. The molecular weight excluding hydrogens is 905 g/mol. The Labute approximate surface area is 404 Å². The number of amides is 4. The van der Waals surface area contributed by atoms with Gasteiger partial charge in [0.25, 0.3) is 11.8 Å². The minimum Gasteiger partial charge on any atom is -0.460 e. The molecule has 1 atom stereocenters. The fraction of sp³-hybridized carbons (Fsp3) is 0.646. The number of nitrogens with one attached hydrogen (secondary N) is 3. The number of anilines is 2. The first-order chi connectivity index (χ1) is 33.9. The maximum Gasteiger partial charge on any atom is 0.338 e. The largest absolute Gasteiger partial charge is 0.460 e. The lowest BCUT2D eigenvalue weighted by Crippen LogP contribution is -2.54. The van der Waals surface area contributed by atoms with Gasteiger partial charge in [0.2, 0.25) is 11.8 Å². The van der Waals surface area contributed by atoms with Crippen LogP contribution in [0.2, 0.25) is 0 Å². The molecule has 2 aliphatic rings. The number of ether oxygens (including phenoxy) is 12. The van der Waals surface area contributed by atoms with E-state index in [1.54, 1.807) is 30.3 Å². The Hall–Kier alpha value is -4.65. The van der Waals surface area contributed by atoms with E-state index in [-0.39, 0.29) is 36.5 Å². The third-order valence-corrected chi connectivity index (χ3v) is 10.2. The molecule has 2 aromatic rings. The van der Waals surface area contributed by atoms with Gasteiger partial charge < -0.3 is 67.5 Å². The van der Waals surface area contributed by atoms with Crippen molar-refractivity contribution in [2.24, 2.45) is 0 Å². The molecule has 0 bridgehead atoms. The van der Waals surface area contributed by atoms with Gasteiger partial charge in [-0.25, -0.2) is 4.79 Å². The zero-order valence-corrected chi connectivity index (χ0v) is 40.0. The second kappa shape index (κ2) is 36.3. The molecule has 386 valence electrons. The van der Waals surface area contributed by atoms with Crippen molar-refractivity contribution in [2.75, 3.05) is 176 Å². The summed E-state index contributed by atoms with van der Waals surface area (Å²) in [6, 6.07) is 11.2. The average Bonchev–Trinajstić information content (AvgIpc) is 3.61. The summed E-state index contributed by atoms with van der Waals surface area (Å²) in [7, 11) is 0. The first-order valence-corrected chi connectivity index (χ1v) is 23.8. The van der Waals surface area contributed by atoms with Crippen LogP contribution in [0.1, 0.15) is 63.7 Å². The molecule has 69 heavy (non-hydrogen) atoms. The molecule has 0 aliphatic carbocycles. The standard InChI is InChI=1S/C48H72N4O17/c1-2-3-13-49-39-9-7-38(8-10-39)48(57)69-37-36-68-35-34-67-33-32-66-31-30-65-29-28-64-27-26-63-25-24-62-23-22-61-21-20-60-19-18-59-17-16-58-15-14-50-41-6-4-5-40-44(41)47(56)52(46(40)55)42-11-12-43(53)51-45(42)54/h4-10,42,49-50H,2-3,11-37H2,1H3,(H,51,53,54). The lowest BCUT2D eigenvalue weighted by Gasteiger charge is -2.27. The Morgan fingerprint density at radius 2 is 1.00 bits per heavy atom. The van der Waals surface area contributed by atoms with E-state index in [1.165, 1.54) is 0 Å². The SMILES string of the molecule is CCCCNc1ccc(C(=O)OCCOCCOCCOCCOCCOCCOCCOCCOCCOCCOCCOCCNc2cccc3c2C(=O)N(C2CCC(=O)NC2=O)C3=O)cc1. The molecule has 0 radical (unpaired) electrons. The number of unbranched alkanes of at least 4 members (excludes halogenated alkanes) is 1. The number of carbonyl (C=O) groups excluding carboxylic acids is 5. The van der Waals surface area contributed by atoms with Gasteiger partial charge in [-0.3, -0.25) is 29.4 Å². The van der Waals surface area contributed by atoms with Crippen molar-refractivity contribution in [1.29, 1.82) is 0 Å². The molecule has 1 saturated heterocycles. The molecule has 2 aromatic carbocycles. The van der Waals surface area contributed by atoms with Crippen molar-refractivity contribution in [3.63, 3.8) is 0 Å². The van der Waals surface area contributed by atoms with Gasteiger partial charge >= 0.3 is 5.97 Å². The van der Waals surface area contributed by atoms with Crippen molar-refractivity contribution < 1.29 is 80.8 Å². The molecule has 1 fully saturated rings. The van der Waals surface area contributed by atoms with Crippen molar-refractivity contribution in [2.45, 2.75) is 38.6 Å². The van der Waals surface area contributed by atoms with Crippen LogP contribution in [0.25, 0.3) is 0 Å². The van der Waals surface area contributed by atoms with Crippen LogP contribution in [0.5, 0.6) is 0 Å². The van der Waals surface area contributed by atoms with E-state index in [9.17, 15) is 24.0 Å². The molecule has 21 nitrogen and oxygen atoms in total. The molecule has 21 heteroatoms. The third kappa shape index (κ3) is 23.2. The molecule has 4 amide bonds. The number of hydrogen-bond acceptors (Lipinski definition) is 19. The first-order valence-electron chi connectivity index (χ1n) is 23.8. The van der Waals surface area contributed by atoms with Crippen molar-refractivity contribution in [3.8, 4) is 0 Å². The summed E-state index contributed by atoms with van der Waals surface area (Å²) in [5, 5.41) is 8.65. The van der Waals surface area contributed by atoms with Gasteiger partial charge in [-0.15, -0.1) is 0 Å². The number of rotatable bonds is 43. The van der Waals surface area contributed by atoms with Crippen molar-refractivity contribution >= 4 is 41.0 Å². The average molecular weight is 977 g/mol. The van der Waals surface area contributed by atoms with E-state index < -0.39 is 29.7 Å². The molecule has 3 N–H and O–H groups in total. The highest BCUT2D eigenvalue weighted by molar-refractivity contribution is 6.25. The monoisotopic (exact) mass is 976 g/mol. The van der Waals surface area contributed by atoms with Crippen LogP contribution >= 0.6 is 0 Å². The number of piperidine rings is 1. The highest BCUT2D eigenvalue weighted by atomic mass is 16.6. The number of hydrogen-bond donors (Lipinski definition) is 3. The van der Waals surface area contributed by atoms with E-state index in [1.807, 2.05) is 12.1 Å². The fourth-order valence-electron chi connectivity index (χ4n) is 6.63. The molecule has 4 rings (SSSR count). The molecular formula is C48H72N4O17. The minimum atomic E-state index is -1.02. The van der Waals surface area contributed by atoms with E-state index in [0.717, 1.165) is 30.0 Å². The highest BCUT2D eigenvalue weighted by Crippen LogP contribution is 2.32. The quantitative estimate of drug-likeness (QED) is 0.0492. The van der Waals surface area contributed by atoms with Crippen LogP contribution in [0.4, 0.5) is 11.4 Å². The van der Waals surface area contributed by atoms with Crippen LogP contribution in [0.15, 0.2) is 42.5 Å². The van der Waals surface area contributed by atoms with E-state index in [4.69, 9.17) is 56.8 Å². The molecule has 1 unspecified atom stereocenters. The van der Waals surface area contributed by atoms with Crippen LogP contribution in [0.3, 0.4) is 0 Å². The zero-order chi connectivity index (χ0) is 49.0.